The van der Waals surface area contributed by atoms with Gasteiger partial charge in [0.15, 0.2) is 0 Å². The molecular weight excluding hydrogens is 354 g/mol. The van der Waals surface area contributed by atoms with Crippen molar-refractivity contribution in [3.63, 3.8) is 0 Å². The molecule has 0 atom stereocenters. The van der Waals surface area contributed by atoms with Crippen molar-refractivity contribution in [2.24, 2.45) is 0 Å². The van der Waals surface area contributed by atoms with Gasteiger partial charge in [-0.3, -0.25) is 14.8 Å². The smallest absolute Gasteiger partial charge is 0.346 e. The molecule has 132 valence electrons. The summed E-state index contributed by atoms with van der Waals surface area (Å²) in [5.41, 5.74) is 2.25. The zero-order valence-electron chi connectivity index (χ0n) is 14.0. The summed E-state index contributed by atoms with van der Waals surface area (Å²) in [6, 6.07) is 8.22. The standard InChI is InChI=1S/C18H15N3O4S/c1-10-3-6-13(20-8-10)16(22)21-14-7-15(17(23)24)26-18(14)25-12-5-4-11(2)19-9-12/h3-9H,1-2H3,(H,21,22)(H,23,24). The number of amides is 1. The molecule has 0 saturated carbocycles. The summed E-state index contributed by atoms with van der Waals surface area (Å²) in [6.07, 6.45) is 3.11. The summed E-state index contributed by atoms with van der Waals surface area (Å²) in [6.45, 7) is 3.71. The Morgan fingerprint density at radius 2 is 1.92 bits per heavy atom. The zero-order valence-corrected chi connectivity index (χ0v) is 14.8. The third kappa shape index (κ3) is 4.04. The normalized spacial score (nSPS) is 10.4. The minimum absolute atomic E-state index is 0.0484. The molecule has 3 heterocycles. The lowest BCUT2D eigenvalue weighted by atomic mass is 10.2. The van der Waals surface area contributed by atoms with E-state index in [4.69, 9.17) is 4.74 Å². The number of aromatic carboxylic acids is 1. The van der Waals surface area contributed by atoms with Gasteiger partial charge >= 0.3 is 5.97 Å². The summed E-state index contributed by atoms with van der Waals surface area (Å²) in [5.74, 6) is -1.11. The summed E-state index contributed by atoms with van der Waals surface area (Å²) in [4.78, 5) is 31.9. The zero-order chi connectivity index (χ0) is 18.7. The van der Waals surface area contributed by atoms with Crippen LogP contribution >= 0.6 is 11.3 Å². The van der Waals surface area contributed by atoms with E-state index in [1.54, 1.807) is 30.5 Å². The molecule has 0 radical (unpaired) electrons. The Bertz CT molecular complexity index is 950. The Labute approximate surface area is 153 Å². The van der Waals surface area contributed by atoms with Gasteiger partial charge in [-0.1, -0.05) is 17.4 Å². The van der Waals surface area contributed by atoms with Crippen LogP contribution in [0.25, 0.3) is 0 Å². The molecule has 7 nitrogen and oxygen atoms in total. The summed E-state index contributed by atoms with van der Waals surface area (Å²) in [5, 5.41) is 12.1. The highest BCUT2D eigenvalue weighted by Crippen LogP contribution is 2.38. The first-order chi connectivity index (χ1) is 12.4. The van der Waals surface area contributed by atoms with Gasteiger partial charge in [0.1, 0.15) is 16.3 Å². The number of thiophene rings is 1. The summed E-state index contributed by atoms with van der Waals surface area (Å²) < 4.78 is 5.71. The third-order valence-corrected chi connectivity index (χ3v) is 4.40. The SMILES string of the molecule is Cc1ccc(C(=O)Nc2cc(C(=O)O)sc2Oc2ccc(C)nc2)nc1. The van der Waals surface area contributed by atoms with Gasteiger partial charge in [-0.25, -0.2) is 4.79 Å². The maximum Gasteiger partial charge on any atom is 0.346 e. The molecule has 3 aromatic heterocycles. The van der Waals surface area contributed by atoms with Crippen LogP contribution in [0.4, 0.5) is 5.69 Å². The largest absolute Gasteiger partial charge is 0.477 e. The number of aryl methyl sites for hydroxylation is 2. The molecule has 3 aromatic rings. The van der Waals surface area contributed by atoms with Crippen LogP contribution in [-0.2, 0) is 0 Å². The van der Waals surface area contributed by atoms with Crippen molar-refractivity contribution < 1.29 is 19.4 Å². The maximum atomic E-state index is 12.4. The van der Waals surface area contributed by atoms with Crippen molar-refractivity contribution in [2.45, 2.75) is 13.8 Å². The van der Waals surface area contributed by atoms with Gasteiger partial charge < -0.3 is 15.2 Å². The molecule has 0 spiro atoms. The van der Waals surface area contributed by atoms with Crippen LogP contribution in [0.15, 0.2) is 42.7 Å². The molecular formula is C18H15N3O4S. The second-order valence-electron chi connectivity index (χ2n) is 5.53. The molecule has 0 unspecified atom stereocenters. The van der Waals surface area contributed by atoms with Gasteiger partial charge in [0.05, 0.1) is 11.9 Å². The van der Waals surface area contributed by atoms with Gasteiger partial charge in [-0.15, -0.1) is 0 Å². The monoisotopic (exact) mass is 369 g/mol. The number of hydrogen-bond acceptors (Lipinski definition) is 6. The molecule has 0 aliphatic carbocycles. The van der Waals surface area contributed by atoms with E-state index in [2.05, 4.69) is 15.3 Å². The fourth-order valence-electron chi connectivity index (χ4n) is 2.05. The van der Waals surface area contributed by atoms with E-state index < -0.39 is 11.9 Å². The number of pyridine rings is 2. The molecule has 3 rings (SSSR count). The average molecular weight is 369 g/mol. The number of aromatic nitrogens is 2. The van der Waals surface area contributed by atoms with E-state index in [0.29, 0.717) is 5.75 Å². The molecule has 26 heavy (non-hydrogen) atoms. The number of nitrogens with zero attached hydrogens (tertiary/aromatic N) is 2. The molecule has 0 fully saturated rings. The minimum atomic E-state index is -1.10. The molecule has 1 amide bonds. The molecule has 0 saturated heterocycles. The van der Waals surface area contributed by atoms with Gasteiger partial charge in [-0.05, 0) is 43.7 Å². The number of carbonyl (C=O) groups excluding carboxylic acids is 1. The Morgan fingerprint density at radius 1 is 1.12 bits per heavy atom. The lowest BCUT2D eigenvalue weighted by Gasteiger charge is -2.08. The van der Waals surface area contributed by atoms with Gasteiger partial charge in [0.25, 0.3) is 5.91 Å². The van der Waals surface area contributed by atoms with Crippen molar-refractivity contribution in [3.05, 3.63) is 64.6 Å². The number of ether oxygens (including phenoxy) is 1. The van der Waals surface area contributed by atoms with Gasteiger partial charge in [0.2, 0.25) is 5.06 Å². The Morgan fingerprint density at radius 3 is 2.54 bits per heavy atom. The van der Waals surface area contributed by atoms with Crippen molar-refractivity contribution >= 4 is 28.9 Å². The van der Waals surface area contributed by atoms with Gasteiger partial charge in [0, 0.05) is 11.9 Å². The average Bonchev–Trinajstić information content (AvgIpc) is 3.00. The lowest BCUT2D eigenvalue weighted by molar-refractivity contribution is 0.0701. The number of anilines is 1. The molecule has 0 aliphatic rings. The maximum absolute atomic E-state index is 12.4. The van der Waals surface area contributed by atoms with Crippen LogP contribution in [0, 0.1) is 13.8 Å². The first-order valence-electron chi connectivity index (χ1n) is 7.64. The number of hydrogen-bond donors (Lipinski definition) is 2. The Kier molecular flexibility index (Phi) is 4.94. The molecule has 0 bridgehead atoms. The highest BCUT2D eigenvalue weighted by molar-refractivity contribution is 7.16. The first-order valence-corrected chi connectivity index (χ1v) is 8.45. The van der Waals surface area contributed by atoms with Crippen molar-refractivity contribution in [1.29, 1.82) is 0 Å². The van der Waals surface area contributed by atoms with E-state index in [9.17, 15) is 14.7 Å². The van der Waals surface area contributed by atoms with Gasteiger partial charge in [-0.2, -0.15) is 0 Å². The van der Waals surface area contributed by atoms with Crippen molar-refractivity contribution in [1.82, 2.24) is 9.97 Å². The van der Waals surface area contributed by atoms with Crippen LogP contribution in [0.3, 0.4) is 0 Å². The van der Waals surface area contributed by atoms with E-state index in [0.717, 1.165) is 22.6 Å². The lowest BCUT2D eigenvalue weighted by Crippen LogP contribution is -2.13. The van der Waals surface area contributed by atoms with Crippen LogP contribution < -0.4 is 10.1 Å². The Balaban J connectivity index is 1.87. The minimum Gasteiger partial charge on any atom is -0.477 e. The quantitative estimate of drug-likeness (QED) is 0.707. The highest BCUT2D eigenvalue weighted by atomic mass is 32.1. The van der Waals surface area contributed by atoms with Crippen LogP contribution in [-0.4, -0.2) is 27.0 Å². The summed E-state index contributed by atoms with van der Waals surface area (Å²) in [7, 11) is 0. The second kappa shape index (κ2) is 7.32. The Hall–Kier alpha value is -3.26. The van der Waals surface area contributed by atoms with E-state index in [1.165, 1.54) is 12.3 Å². The highest BCUT2D eigenvalue weighted by Gasteiger charge is 2.19. The van der Waals surface area contributed by atoms with E-state index in [-0.39, 0.29) is 21.3 Å². The number of nitrogens with one attached hydrogen (secondary N) is 1. The topological polar surface area (TPSA) is 101 Å². The van der Waals surface area contributed by atoms with E-state index >= 15 is 0 Å². The second-order valence-corrected chi connectivity index (χ2v) is 6.54. The number of carboxylic acid groups (broad SMARTS) is 1. The van der Waals surface area contributed by atoms with Crippen molar-refractivity contribution in [2.75, 3.05) is 5.32 Å². The van der Waals surface area contributed by atoms with Crippen LogP contribution in [0.5, 0.6) is 10.8 Å². The fraction of sp³-hybridized carbons (Fsp3) is 0.111. The summed E-state index contributed by atoms with van der Waals surface area (Å²) >= 11 is 0.922. The van der Waals surface area contributed by atoms with Crippen molar-refractivity contribution in [3.8, 4) is 10.8 Å². The predicted molar refractivity (Wildman–Crippen MR) is 97.3 cm³/mol. The number of carboxylic acids is 1. The molecule has 0 aliphatic heterocycles. The molecule has 2 N–H and O–H groups in total. The van der Waals surface area contributed by atoms with Crippen LogP contribution in [0.2, 0.25) is 0 Å². The first kappa shape index (κ1) is 17.6. The molecule has 8 heteroatoms. The third-order valence-electron chi connectivity index (χ3n) is 3.40. The fourth-order valence-corrected chi connectivity index (χ4v) is 2.87. The number of carbonyl (C=O) groups is 2. The molecule has 0 aromatic carbocycles. The predicted octanol–water partition coefficient (Wildman–Crippen LogP) is 3.90. The van der Waals surface area contributed by atoms with Crippen LogP contribution in [0.1, 0.15) is 31.4 Å². The number of rotatable bonds is 5. The van der Waals surface area contributed by atoms with E-state index in [1.807, 2.05) is 13.8 Å².